The fourth-order valence-corrected chi connectivity index (χ4v) is 3.09. The van der Waals surface area contributed by atoms with Gasteiger partial charge >= 0.3 is 0 Å². The lowest BCUT2D eigenvalue weighted by Crippen LogP contribution is -2.14. The fourth-order valence-electron chi connectivity index (χ4n) is 3.09. The summed E-state index contributed by atoms with van der Waals surface area (Å²) >= 11 is 0. The van der Waals surface area contributed by atoms with E-state index in [-0.39, 0.29) is 11.8 Å². The van der Waals surface area contributed by atoms with E-state index in [1.165, 1.54) is 0 Å². The van der Waals surface area contributed by atoms with Crippen molar-refractivity contribution in [2.75, 3.05) is 17.2 Å². The average molecular weight is 388 g/mol. The summed E-state index contributed by atoms with van der Waals surface area (Å²) < 4.78 is 11.3. The normalized spacial score (nSPS) is 12.0. The van der Waals surface area contributed by atoms with E-state index in [9.17, 15) is 9.59 Å². The van der Waals surface area contributed by atoms with Crippen LogP contribution < -0.4 is 20.1 Å². The van der Waals surface area contributed by atoms with Gasteiger partial charge in [0.1, 0.15) is 11.5 Å². The second-order valence-corrected chi connectivity index (χ2v) is 6.68. The zero-order valence-electron chi connectivity index (χ0n) is 16.1. The maximum absolute atomic E-state index is 12.7. The maximum atomic E-state index is 12.7. The molecule has 0 bridgehead atoms. The van der Waals surface area contributed by atoms with Crippen LogP contribution in [0.2, 0.25) is 0 Å². The van der Waals surface area contributed by atoms with Gasteiger partial charge in [0.15, 0.2) is 5.75 Å². The number of carbonyl (C=O) groups excluding carboxylic acids is 2. The van der Waals surface area contributed by atoms with Gasteiger partial charge in [0, 0.05) is 11.3 Å². The van der Waals surface area contributed by atoms with Gasteiger partial charge in [-0.25, -0.2) is 0 Å². The van der Waals surface area contributed by atoms with Crippen molar-refractivity contribution in [3.05, 3.63) is 77.4 Å². The number of aryl methyl sites for hydroxylation is 1. The van der Waals surface area contributed by atoms with Gasteiger partial charge in [-0.1, -0.05) is 6.07 Å². The molecule has 3 aromatic carbocycles. The van der Waals surface area contributed by atoms with Crippen molar-refractivity contribution in [3.63, 3.8) is 0 Å². The molecule has 2 N–H and O–H groups in total. The molecule has 1 aliphatic heterocycles. The first-order chi connectivity index (χ1) is 14.0. The SMILES string of the molecule is CCOc1ccc(C(=O)Nc2ccc3c(c2)C(=O)Nc2cc(C)ccc2O3)cc1. The standard InChI is InChI=1S/C23H20N2O4/c1-3-28-17-8-5-15(6-9-17)22(26)24-16-7-11-20-18(13-16)23(27)25-19-12-14(2)4-10-21(19)29-20/h4-13H,3H2,1-2H3,(H,24,26)(H,25,27). The summed E-state index contributed by atoms with van der Waals surface area (Å²) in [5, 5.41) is 5.67. The summed E-state index contributed by atoms with van der Waals surface area (Å²) in [4.78, 5) is 25.2. The molecule has 0 spiro atoms. The van der Waals surface area contributed by atoms with E-state index in [1.54, 1.807) is 42.5 Å². The first-order valence-corrected chi connectivity index (χ1v) is 9.31. The fraction of sp³-hybridized carbons (Fsp3) is 0.130. The van der Waals surface area contributed by atoms with Crippen LogP contribution >= 0.6 is 0 Å². The van der Waals surface area contributed by atoms with Crippen molar-refractivity contribution < 1.29 is 19.1 Å². The first-order valence-electron chi connectivity index (χ1n) is 9.31. The number of benzene rings is 3. The van der Waals surface area contributed by atoms with Crippen LogP contribution in [0.1, 0.15) is 33.2 Å². The molecular weight excluding hydrogens is 368 g/mol. The van der Waals surface area contributed by atoms with Gasteiger partial charge in [-0.3, -0.25) is 9.59 Å². The van der Waals surface area contributed by atoms with Gasteiger partial charge in [0.2, 0.25) is 0 Å². The van der Waals surface area contributed by atoms with Crippen LogP contribution in [0.15, 0.2) is 60.7 Å². The lowest BCUT2D eigenvalue weighted by atomic mass is 10.1. The number of hydrogen-bond donors (Lipinski definition) is 2. The lowest BCUT2D eigenvalue weighted by Gasteiger charge is -2.10. The number of amides is 2. The Kier molecular flexibility index (Phi) is 4.91. The topological polar surface area (TPSA) is 76.7 Å². The van der Waals surface area contributed by atoms with E-state index in [4.69, 9.17) is 9.47 Å². The highest BCUT2D eigenvalue weighted by molar-refractivity contribution is 6.10. The molecule has 6 nitrogen and oxygen atoms in total. The van der Waals surface area contributed by atoms with Crippen LogP contribution in [0.25, 0.3) is 0 Å². The van der Waals surface area contributed by atoms with Gasteiger partial charge < -0.3 is 20.1 Å². The van der Waals surface area contributed by atoms with E-state index < -0.39 is 0 Å². The highest BCUT2D eigenvalue weighted by atomic mass is 16.5. The zero-order chi connectivity index (χ0) is 20.4. The van der Waals surface area contributed by atoms with Crippen LogP contribution in [0.4, 0.5) is 11.4 Å². The molecule has 3 aromatic rings. The Hall–Kier alpha value is -3.80. The Morgan fingerprint density at radius 1 is 1.03 bits per heavy atom. The van der Waals surface area contributed by atoms with Crippen molar-refractivity contribution in [1.82, 2.24) is 0 Å². The number of ether oxygens (including phenoxy) is 2. The Morgan fingerprint density at radius 2 is 1.79 bits per heavy atom. The van der Waals surface area contributed by atoms with E-state index in [2.05, 4.69) is 10.6 Å². The van der Waals surface area contributed by atoms with E-state index in [0.717, 1.165) is 5.56 Å². The van der Waals surface area contributed by atoms with Crippen LogP contribution in [-0.2, 0) is 0 Å². The number of anilines is 2. The van der Waals surface area contributed by atoms with Crippen LogP contribution in [-0.4, -0.2) is 18.4 Å². The third-order valence-electron chi connectivity index (χ3n) is 4.51. The lowest BCUT2D eigenvalue weighted by molar-refractivity contribution is 0.101. The molecular formula is C23H20N2O4. The smallest absolute Gasteiger partial charge is 0.259 e. The van der Waals surface area contributed by atoms with Crippen LogP contribution in [0.3, 0.4) is 0 Å². The molecule has 0 fully saturated rings. The molecule has 0 saturated heterocycles. The van der Waals surface area contributed by atoms with E-state index >= 15 is 0 Å². The summed E-state index contributed by atoms with van der Waals surface area (Å²) in [5.74, 6) is 1.15. The predicted octanol–water partition coefficient (Wildman–Crippen LogP) is 5.00. The minimum atomic E-state index is -0.290. The molecule has 29 heavy (non-hydrogen) atoms. The molecule has 2 amide bonds. The van der Waals surface area contributed by atoms with Crippen molar-refractivity contribution in [2.24, 2.45) is 0 Å². The zero-order valence-corrected chi connectivity index (χ0v) is 16.1. The number of fused-ring (bicyclic) bond motifs is 2. The molecule has 146 valence electrons. The van der Waals surface area contributed by atoms with E-state index in [1.807, 2.05) is 32.0 Å². The number of nitrogens with one attached hydrogen (secondary N) is 2. The van der Waals surface area contributed by atoms with Crippen LogP contribution in [0.5, 0.6) is 17.2 Å². The molecule has 0 aromatic heterocycles. The Bertz CT molecular complexity index is 1090. The summed E-state index contributed by atoms with van der Waals surface area (Å²) in [6.07, 6.45) is 0. The van der Waals surface area contributed by atoms with Gasteiger partial charge in [-0.2, -0.15) is 0 Å². The van der Waals surface area contributed by atoms with Crippen molar-refractivity contribution in [1.29, 1.82) is 0 Å². The summed E-state index contributed by atoms with van der Waals surface area (Å²) in [5.41, 5.74) is 2.98. The molecule has 0 atom stereocenters. The number of carbonyl (C=O) groups is 2. The van der Waals surface area contributed by atoms with Crippen molar-refractivity contribution >= 4 is 23.2 Å². The highest BCUT2D eigenvalue weighted by Gasteiger charge is 2.21. The summed E-state index contributed by atoms with van der Waals surface area (Å²) in [6.45, 7) is 4.41. The van der Waals surface area contributed by atoms with E-state index in [0.29, 0.717) is 46.4 Å². The predicted molar refractivity (Wildman–Crippen MR) is 111 cm³/mol. The minimum Gasteiger partial charge on any atom is -0.494 e. The summed E-state index contributed by atoms with van der Waals surface area (Å²) in [7, 11) is 0. The number of rotatable bonds is 4. The molecule has 0 saturated carbocycles. The second kappa shape index (κ2) is 7.67. The average Bonchev–Trinajstić information content (AvgIpc) is 2.84. The monoisotopic (exact) mass is 388 g/mol. The quantitative estimate of drug-likeness (QED) is 0.659. The van der Waals surface area contributed by atoms with Gasteiger partial charge in [-0.05, 0) is 74.0 Å². The molecule has 0 aliphatic carbocycles. The minimum absolute atomic E-state index is 0.276. The van der Waals surface area contributed by atoms with Gasteiger partial charge in [0.25, 0.3) is 11.8 Å². The van der Waals surface area contributed by atoms with Crippen LogP contribution in [0, 0.1) is 6.92 Å². The van der Waals surface area contributed by atoms with Crippen molar-refractivity contribution in [2.45, 2.75) is 13.8 Å². The Labute approximate surface area is 168 Å². The second-order valence-electron chi connectivity index (χ2n) is 6.68. The third-order valence-corrected chi connectivity index (χ3v) is 4.51. The maximum Gasteiger partial charge on any atom is 0.259 e. The van der Waals surface area contributed by atoms with Gasteiger partial charge in [-0.15, -0.1) is 0 Å². The molecule has 1 heterocycles. The highest BCUT2D eigenvalue weighted by Crippen LogP contribution is 2.37. The first kappa shape index (κ1) is 18.6. The Morgan fingerprint density at radius 3 is 2.55 bits per heavy atom. The largest absolute Gasteiger partial charge is 0.494 e. The molecule has 6 heteroatoms. The molecule has 4 rings (SSSR count). The third kappa shape index (κ3) is 3.91. The molecule has 1 aliphatic rings. The van der Waals surface area contributed by atoms with Gasteiger partial charge in [0.05, 0.1) is 17.9 Å². The molecule has 0 radical (unpaired) electrons. The molecule has 0 unspecified atom stereocenters. The Balaban J connectivity index is 1.55. The summed E-state index contributed by atoms with van der Waals surface area (Å²) in [6, 6.07) is 17.5. The number of hydrogen-bond acceptors (Lipinski definition) is 4. The van der Waals surface area contributed by atoms with Crippen molar-refractivity contribution in [3.8, 4) is 17.2 Å².